The molecule has 0 unspecified atom stereocenters. The number of hydrogen-bond acceptors (Lipinski definition) is 4. The van der Waals surface area contributed by atoms with E-state index in [-0.39, 0.29) is 18.0 Å². The van der Waals surface area contributed by atoms with Crippen molar-refractivity contribution in [3.8, 4) is 0 Å². The standard InChI is InChI=1S/C12H15N3O3S/c16-9-10-2-1-3-11(8-10)19(17,18)15-5-4-12-13-6-7-14-12/h1-3,6-8,15-16H,4-5,9H2,(H,13,14). The zero-order valence-electron chi connectivity index (χ0n) is 10.2. The van der Waals surface area contributed by atoms with Gasteiger partial charge in [-0.1, -0.05) is 12.1 Å². The van der Waals surface area contributed by atoms with E-state index in [0.717, 1.165) is 5.82 Å². The number of aliphatic hydroxyl groups excluding tert-OH is 1. The molecule has 0 saturated carbocycles. The smallest absolute Gasteiger partial charge is 0.240 e. The van der Waals surface area contributed by atoms with E-state index in [1.807, 2.05) is 0 Å². The van der Waals surface area contributed by atoms with Gasteiger partial charge in [0.25, 0.3) is 0 Å². The van der Waals surface area contributed by atoms with Gasteiger partial charge in [-0.2, -0.15) is 0 Å². The van der Waals surface area contributed by atoms with Crippen LogP contribution in [-0.4, -0.2) is 30.0 Å². The fourth-order valence-corrected chi connectivity index (χ4v) is 2.73. The highest BCUT2D eigenvalue weighted by atomic mass is 32.2. The van der Waals surface area contributed by atoms with Crippen molar-refractivity contribution in [3.63, 3.8) is 0 Å². The molecule has 1 aromatic heterocycles. The molecule has 0 aliphatic rings. The second kappa shape index (κ2) is 5.96. The number of aliphatic hydroxyl groups is 1. The van der Waals surface area contributed by atoms with Crippen molar-refractivity contribution in [3.05, 3.63) is 48.0 Å². The molecule has 0 amide bonds. The van der Waals surface area contributed by atoms with Gasteiger partial charge in [-0.3, -0.25) is 0 Å². The maximum Gasteiger partial charge on any atom is 0.240 e. The van der Waals surface area contributed by atoms with Gasteiger partial charge in [0.2, 0.25) is 10.0 Å². The molecular formula is C12H15N3O3S. The lowest BCUT2D eigenvalue weighted by Gasteiger charge is -2.07. The summed E-state index contributed by atoms with van der Waals surface area (Å²) in [5.41, 5.74) is 0.564. The number of hydrogen-bond donors (Lipinski definition) is 3. The van der Waals surface area contributed by atoms with Crippen molar-refractivity contribution in [1.82, 2.24) is 14.7 Å². The largest absolute Gasteiger partial charge is 0.392 e. The molecule has 0 fully saturated rings. The van der Waals surface area contributed by atoms with Crippen LogP contribution in [0.2, 0.25) is 0 Å². The number of sulfonamides is 1. The first kappa shape index (κ1) is 13.7. The molecule has 7 heteroatoms. The molecule has 0 aliphatic heterocycles. The highest BCUT2D eigenvalue weighted by Gasteiger charge is 2.13. The molecule has 1 aromatic carbocycles. The minimum atomic E-state index is -3.55. The van der Waals surface area contributed by atoms with Gasteiger partial charge in [-0.05, 0) is 17.7 Å². The number of aromatic nitrogens is 2. The van der Waals surface area contributed by atoms with E-state index in [1.165, 1.54) is 12.1 Å². The van der Waals surface area contributed by atoms with E-state index in [1.54, 1.807) is 24.5 Å². The Morgan fingerprint density at radius 1 is 1.37 bits per heavy atom. The molecule has 6 nitrogen and oxygen atoms in total. The highest BCUT2D eigenvalue weighted by molar-refractivity contribution is 7.89. The second-order valence-corrected chi connectivity index (χ2v) is 5.76. The van der Waals surface area contributed by atoms with Crippen LogP contribution in [0, 0.1) is 0 Å². The minimum absolute atomic E-state index is 0.151. The van der Waals surface area contributed by atoms with Crippen molar-refractivity contribution in [2.75, 3.05) is 6.54 Å². The lowest BCUT2D eigenvalue weighted by molar-refractivity contribution is 0.281. The first-order chi connectivity index (χ1) is 9.12. The molecule has 0 aliphatic carbocycles. The maximum atomic E-state index is 12.0. The molecule has 2 rings (SSSR count). The summed E-state index contributed by atoms with van der Waals surface area (Å²) < 4.78 is 26.5. The van der Waals surface area contributed by atoms with Crippen LogP contribution in [0.3, 0.4) is 0 Å². The van der Waals surface area contributed by atoms with Gasteiger partial charge in [0.15, 0.2) is 0 Å². The number of nitrogens with zero attached hydrogens (tertiary/aromatic N) is 1. The van der Waals surface area contributed by atoms with Crippen LogP contribution >= 0.6 is 0 Å². The predicted molar refractivity (Wildman–Crippen MR) is 69.8 cm³/mol. The van der Waals surface area contributed by atoms with Gasteiger partial charge in [-0.25, -0.2) is 18.1 Å². The van der Waals surface area contributed by atoms with Gasteiger partial charge >= 0.3 is 0 Å². The molecule has 0 bridgehead atoms. The van der Waals surface area contributed by atoms with E-state index < -0.39 is 10.0 Å². The lowest BCUT2D eigenvalue weighted by atomic mass is 10.2. The normalized spacial score (nSPS) is 11.6. The first-order valence-electron chi connectivity index (χ1n) is 5.79. The first-order valence-corrected chi connectivity index (χ1v) is 7.28. The van der Waals surface area contributed by atoms with Crippen LogP contribution in [0.1, 0.15) is 11.4 Å². The summed E-state index contributed by atoms with van der Waals surface area (Å²) in [6.07, 6.45) is 3.80. The van der Waals surface area contributed by atoms with Crippen molar-refractivity contribution in [2.45, 2.75) is 17.9 Å². The molecule has 0 radical (unpaired) electrons. The molecule has 0 atom stereocenters. The van der Waals surface area contributed by atoms with Crippen molar-refractivity contribution < 1.29 is 13.5 Å². The van der Waals surface area contributed by atoms with Crippen LogP contribution in [0.15, 0.2) is 41.6 Å². The van der Waals surface area contributed by atoms with E-state index in [0.29, 0.717) is 12.0 Å². The molecule has 2 aromatic rings. The molecule has 102 valence electrons. The molecule has 3 N–H and O–H groups in total. The average molecular weight is 281 g/mol. The van der Waals surface area contributed by atoms with Gasteiger partial charge in [-0.15, -0.1) is 0 Å². The number of aromatic amines is 1. The van der Waals surface area contributed by atoms with E-state index >= 15 is 0 Å². The molecule has 0 spiro atoms. The summed E-state index contributed by atoms with van der Waals surface area (Å²) in [6, 6.07) is 6.22. The molecular weight excluding hydrogens is 266 g/mol. The number of rotatable bonds is 6. The molecule has 19 heavy (non-hydrogen) atoms. The van der Waals surface area contributed by atoms with E-state index in [9.17, 15) is 8.42 Å². The quantitative estimate of drug-likeness (QED) is 0.715. The summed E-state index contributed by atoms with van der Waals surface area (Å²) in [5, 5.41) is 9.00. The van der Waals surface area contributed by atoms with Crippen LogP contribution in [0.5, 0.6) is 0 Å². The minimum Gasteiger partial charge on any atom is -0.392 e. The van der Waals surface area contributed by atoms with Crippen LogP contribution < -0.4 is 4.72 Å². The Bertz CT molecular complexity index is 623. The van der Waals surface area contributed by atoms with Gasteiger partial charge < -0.3 is 10.1 Å². The fraction of sp³-hybridized carbons (Fsp3) is 0.250. The highest BCUT2D eigenvalue weighted by Crippen LogP contribution is 2.11. The summed E-state index contributed by atoms with van der Waals surface area (Å²) >= 11 is 0. The third-order valence-electron chi connectivity index (χ3n) is 2.60. The number of H-pyrrole nitrogens is 1. The summed E-state index contributed by atoms with van der Waals surface area (Å²) in [6.45, 7) is 0.0783. The average Bonchev–Trinajstić information content (AvgIpc) is 2.92. The van der Waals surface area contributed by atoms with Crippen LogP contribution in [-0.2, 0) is 23.1 Å². The monoisotopic (exact) mass is 281 g/mol. The Morgan fingerprint density at radius 3 is 2.89 bits per heavy atom. The van der Waals surface area contributed by atoms with Crippen molar-refractivity contribution in [1.29, 1.82) is 0 Å². The Balaban J connectivity index is 2.01. The Morgan fingerprint density at radius 2 is 2.21 bits per heavy atom. The molecule has 0 saturated heterocycles. The van der Waals surface area contributed by atoms with Crippen LogP contribution in [0.25, 0.3) is 0 Å². The van der Waals surface area contributed by atoms with E-state index in [4.69, 9.17) is 5.11 Å². The zero-order chi connectivity index (χ0) is 13.7. The summed E-state index contributed by atoms with van der Waals surface area (Å²) in [5.74, 6) is 0.729. The van der Waals surface area contributed by atoms with Gasteiger partial charge in [0.1, 0.15) is 5.82 Å². The topological polar surface area (TPSA) is 95.1 Å². The predicted octanol–water partition coefficient (Wildman–Crippen LogP) is 0.423. The van der Waals surface area contributed by atoms with Gasteiger partial charge in [0.05, 0.1) is 11.5 Å². The number of nitrogens with one attached hydrogen (secondary N) is 2. The van der Waals surface area contributed by atoms with Crippen LogP contribution in [0.4, 0.5) is 0 Å². The zero-order valence-corrected chi connectivity index (χ0v) is 11.0. The summed E-state index contributed by atoms with van der Waals surface area (Å²) in [7, 11) is -3.55. The molecule has 1 heterocycles. The number of benzene rings is 1. The van der Waals surface area contributed by atoms with Crippen molar-refractivity contribution >= 4 is 10.0 Å². The lowest BCUT2D eigenvalue weighted by Crippen LogP contribution is -2.26. The SMILES string of the molecule is O=S(=O)(NCCc1ncc[nH]1)c1cccc(CO)c1. The third kappa shape index (κ3) is 3.63. The third-order valence-corrected chi connectivity index (χ3v) is 4.06. The van der Waals surface area contributed by atoms with E-state index in [2.05, 4.69) is 14.7 Å². The second-order valence-electron chi connectivity index (χ2n) is 3.99. The Kier molecular flexibility index (Phi) is 4.31. The van der Waals surface area contributed by atoms with Gasteiger partial charge in [0, 0.05) is 25.4 Å². The van der Waals surface area contributed by atoms with Crippen molar-refractivity contribution in [2.24, 2.45) is 0 Å². The number of imidazole rings is 1. The Hall–Kier alpha value is -1.70. The Labute approximate surface area is 111 Å². The summed E-state index contributed by atoms with van der Waals surface area (Å²) in [4.78, 5) is 7.07. The maximum absolute atomic E-state index is 12.0. The fourth-order valence-electron chi connectivity index (χ4n) is 1.63.